The first-order valence-corrected chi connectivity index (χ1v) is 19.0. The number of rotatable bonds is 8. The summed E-state index contributed by atoms with van der Waals surface area (Å²) in [7, 11) is -2.53. The molecule has 0 radical (unpaired) electrons. The number of methoxy groups -OCH3 is 1. The van der Waals surface area contributed by atoms with Crippen LogP contribution in [0.3, 0.4) is 0 Å². The first kappa shape index (κ1) is 38.0. The van der Waals surface area contributed by atoms with Crippen molar-refractivity contribution in [3.05, 3.63) is 41.5 Å². The predicted octanol–water partition coefficient (Wildman–Crippen LogP) is 2.76. The van der Waals surface area contributed by atoms with E-state index in [0.29, 0.717) is 25.7 Å². The van der Waals surface area contributed by atoms with Crippen molar-refractivity contribution < 1.29 is 46.3 Å². The molecule has 3 fully saturated rings. The van der Waals surface area contributed by atoms with Gasteiger partial charge in [-0.3, -0.25) is 23.9 Å². The lowest BCUT2D eigenvalue weighted by molar-refractivity contribution is -0.141. The lowest BCUT2D eigenvalue weighted by Gasteiger charge is -2.30. The van der Waals surface area contributed by atoms with Gasteiger partial charge in [0.05, 0.1) is 12.4 Å². The van der Waals surface area contributed by atoms with E-state index < -0.39 is 86.9 Å². The van der Waals surface area contributed by atoms with E-state index in [1.165, 1.54) is 30.2 Å². The van der Waals surface area contributed by atoms with Gasteiger partial charge < -0.3 is 30.3 Å². The van der Waals surface area contributed by atoms with Gasteiger partial charge in [0.15, 0.2) is 0 Å². The first-order valence-electron chi connectivity index (χ1n) is 17.5. The van der Waals surface area contributed by atoms with Gasteiger partial charge in [-0.05, 0) is 83.9 Å². The number of allylic oxidation sites excluding steroid dienone is 1. The highest BCUT2D eigenvalue weighted by atomic mass is 32.2. The molecule has 0 bridgehead atoms. The molecule has 1 aromatic rings. The van der Waals surface area contributed by atoms with E-state index >= 15 is 0 Å². The van der Waals surface area contributed by atoms with Crippen molar-refractivity contribution in [1.82, 2.24) is 25.6 Å². The van der Waals surface area contributed by atoms with Gasteiger partial charge in [0.2, 0.25) is 21.8 Å². The summed E-state index contributed by atoms with van der Waals surface area (Å²) in [5.41, 5.74) is -2.06. The molecule has 14 nitrogen and oxygen atoms in total. The molecular formula is C35H48FN5O9S. The Kier molecular flexibility index (Phi) is 11.3. The van der Waals surface area contributed by atoms with Gasteiger partial charge in [-0.15, -0.1) is 0 Å². The molecule has 0 unspecified atom stereocenters. The summed E-state index contributed by atoms with van der Waals surface area (Å²) >= 11 is 0. The Morgan fingerprint density at radius 1 is 1.08 bits per heavy atom. The number of alkyl carbamates (subject to hydrolysis) is 1. The number of halogens is 1. The maximum absolute atomic E-state index is 14.3. The number of carbonyl (C=O) groups is 5. The Balaban J connectivity index is 1.43. The van der Waals surface area contributed by atoms with Crippen LogP contribution in [-0.2, 0) is 35.8 Å². The maximum atomic E-state index is 14.3. The molecule has 2 saturated carbocycles. The monoisotopic (exact) mass is 733 g/mol. The van der Waals surface area contributed by atoms with Crippen LogP contribution in [0.4, 0.5) is 9.18 Å². The summed E-state index contributed by atoms with van der Waals surface area (Å²) in [6.45, 7) is 4.11. The van der Waals surface area contributed by atoms with Crippen LogP contribution in [0, 0.1) is 5.92 Å². The molecule has 1 aromatic carbocycles. The molecule has 1 saturated heterocycles. The Morgan fingerprint density at radius 2 is 1.82 bits per heavy atom. The molecule has 2 aliphatic carbocycles. The van der Waals surface area contributed by atoms with Gasteiger partial charge in [-0.25, -0.2) is 17.6 Å². The maximum Gasteiger partial charge on any atom is 0.408 e. The van der Waals surface area contributed by atoms with E-state index in [2.05, 4.69) is 20.7 Å². The van der Waals surface area contributed by atoms with Gasteiger partial charge >= 0.3 is 6.09 Å². The van der Waals surface area contributed by atoms with E-state index in [1.807, 2.05) is 12.2 Å². The number of alkyl halides is 1. The standard InChI is InChI=1S/C35H48FN5O9S/c1-34(2,3)50-33(46)38-26-11-9-7-5-6-8-10-23-18-35(23,32(45)40-51(47,48)25-13-14-25)39-30(43)27-17-24(20-41(27)31(26)44)37-29(42)21-12-15-28(49-4)22(16-21)19-36/h8,10,12,15-16,23-27H,5-7,9,11,13-14,17-20H2,1-4H3,(H,37,42)(H,38,46)(H,39,43)(H,40,45)/b10-8-/t23-,24-,26+,27+,35-/m1/s1. The molecule has 51 heavy (non-hydrogen) atoms. The fraction of sp³-hybridized carbons (Fsp3) is 0.629. The largest absolute Gasteiger partial charge is 0.496 e. The minimum Gasteiger partial charge on any atom is -0.496 e. The third kappa shape index (κ3) is 9.18. The summed E-state index contributed by atoms with van der Waals surface area (Å²) in [6.07, 6.45) is 6.91. The van der Waals surface area contributed by atoms with Crippen LogP contribution in [-0.4, -0.2) is 91.2 Å². The molecular weight excluding hydrogens is 685 g/mol. The molecule has 4 aliphatic rings. The smallest absolute Gasteiger partial charge is 0.408 e. The molecule has 0 aromatic heterocycles. The van der Waals surface area contributed by atoms with E-state index in [0.717, 1.165) is 12.8 Å². The normalized spacial score (nSPS) is 27.7. The number of amides is 5. The van der Waals surface area contributed by atoms with E-state index in [1.54, 1.807) is 20.8 Å². The molecule has 5 amide bonds. The second-order valence-corrected chi connectivity index (χ2v) is 16.7. The Morgan fingerprint density at radius 3 is 2.49 bits per heavy atom. The van der Waals surface area contributed by atoms with Crippen LogP contribution in [0.15, 0.2) is 30.4 Å². The minimum atomic E-state index is -3.92. The average Bonchev–Trinajstić information content (AvgIpc) is 3.99. The van der Waals surface area contributed by atoms with Crippen LogP contribution in [0.1, 0.15) is 94.5 Å². The van der Waals surface area contributed by atoms with Gasteiger partial charge in [0, 0.05) is 29.6 Å². The Labute approximate surface area is 297 Å². The second-order valence-electron chi connectivity index (χ2n) is 14.8. The van der Waals surface area contributed by atoms with Crippen LogP contribution in [0.25, 0.3) is 0 Å². The third-order valence-corrected chi connectivity index (χ3v) is 11.4. The Hall–Kier alpha value is -4.21. The fourth-order valence-corrected chi connectivity index (χ4v) is 8.01. The summed E-state index contributed by atoms with van der Waals surface area (Å²) in [4.78, 5) is 69.5. The van der Waals surface area contributed by atoms with Crippen molar-refractivity contribution in [3.63, 3.8) is 0 Å². The van der Waals surface area contributed by atoms with Crippen molar-refractivity contribution in [1.29, 1.82) is 0 Å². The van der Waals surface area contributed by atoms with E-state index in [4.69, 9.17) is 9.47 Å². The fourth-order valence-electron chi connectivity index (χ4n) is 6.65. The van der Waals surface area contributed by atoms with Crippen LogP contribution in [0.5, 0.6) is 5.75 Å². The third-order valence-electron chi connectivity index (χ3n) is 9.59. The Bertz CT molecular complexity index is 1680. The van der Waals surface area contributed by atoms with Gasteiger partial charge in [0.25, 0.3) is 11.8 Å². The van der Waals surface area contributed by atoms with Crippen LogP contribution >= 0.6 is 0 Å². The molecule has 0 spiro atoms. The van der Waals surface area contributed by atoms with E-state index in [9.17, 15) is 36.8 Å². The van der Waals surface area contributed by atoms with Crippen molar-refractivity contribution in [2.45, 2.75) is 120 Å². The zero-order chi connectivity index (χ0) is 37.1. The highest BCUT2D eigenvalue weighted by Gasteiger charge is 2.62. The number of benzene rings is 1. The quantitative estimate of drug-likeness (QED) is 0.291. The van der Waals surface area contributed by atoms with E-state index in [-0.39, 0.29) is 42.7 Å². The van der Waals surface area contributed by atoms with Crippen molar-refractivity contribution in [2.24, 2.45) is 5.92 Å². The molecule has 280 valence electrons. The zero-order valence-electron chi connectivity index (χ0n) is 29.5. The number of hydrogen-bond donors (Lipinski definition) is 4. The predicted molar refractivity (Wildman–Crippen MR) is 184 cm³/mol. The summed E-state index contributed by atoms with van der Waals surface area (Å²) in [5, 5.41) is 7.64. The van der Waals surface area contributed by atoms with Crippen molar-refractivity contribution in [2.75, 3.05) is 13.7 Å². The second kappa shape index (κ2) is 15.2. The van der Waals surface area contributed by atoms with Crippen molar-refractivity contribution >= 4 is 39.7 Å². The number of carbonyl (C=O) groups excluding carboxylic acids is 5. The molecule has 5 atom stereocenters. The summed E-state index contributed by atoms with van der Waals surface area (Å²) < 4.78 is 51.9. The van der Waals surface area contributed by atoms with Gasteiger partial charge in [-0.2, -0.15) is 0 Å². The number of nitrogens with zero attached hydrogens (tertiary/aromatic N) is 1. The molecule has 5 rings (SSSR count). The molecule has 2 aliphatic heterocycles. The topological polar surface area (TPSA) is 189 Å². The molecule has 2 heterocycles. The molecule has 16 heteroatoms. The number of sulfonamides is 1. The van der Waals surface area contributed by atoms with Gasteiger partial charge in [-0.1, -0.05) is 25.0 Å². The van der Waals surface area contributed by atoms with Crippen LogP contribution in [0.2, 0.25) is 0 Å². The number of ether oxygens (including phenoxy) is 2. The zero-order valence-corrected chi connectivity index (χ0v) is 30.3. The summed E-state index contributed by atoms with van der Waals surface area (Å²) in [6, 6.07) is 1.31. The van der Waals surface area contributed by atoms with Crippen LogP contribution < -0.4 is 25.4 Å². The van der Waals surface area contributed by atoms with Gasteiger partial charge in [0.1, 0.15) is 35.6 Å². The first-order chi connectivity index (χ1) is 24.1. The number of nitrogens with one attached hydrogen (secondary N) is 4. The van der Waals surface area contributed by atoms with Crippen molar-refractivity contribution in [3.8, 4) is 5.75 Å². The highest BCUT2D eigenvalue weighted by molar-refractivity contribution is 7.91. The highest BCUT2D eigenvalue weighted by Crippen LogP contribution is 2.46. The summed E-state index contributed by atoms with van der Waals surface area (Å²) in [5.74, 6) is -2.87. The number of hydrogen-bond acceptors (Lipinski definition) is 9. The number of fused-ring (bicyclic) bond motifs is 2. The molecule has 4 N–H and O–H groups in total. The average molecular weight is 734 g/mol. The lowest BCUT2D eigenvalue weighted by Crippen LogP contribution is -2.58. The minimum absolute atomic E-state index is 0.0484. The lowest BCUT2D eigenvalue weighted by atomic mass is 10.0. The SMILES string of the molecule is COc1ccc(C(=O)N[C@@H]2C[C@H]3C(=O)N[C@]4(C(=O)NS(=O)(=O)C5CC5)C[C@H]4/C=C\CCCCC[C@H](NC(=O)OC(C)(C)C)C(=O)N3C2)cc1CF.